The van der Waals surface area contributed by atoms with Crippen LogP contribution in [0.4, 0.5) is 0 Å². The first kappa shape index (κ1) is 9.76. The number of nitrogens with zero attached hydrogens (tertiary/aromatic N) is 1. The van der Waals surface area contributed by atoms with Gasteiger partial charge in [0.25, 0.3) is 0 Å². The monoisotopic (exact) mass is 174 g/mol. The Labute approximate surface area is 79.2 Å². The predicted molar refractivity (Wildman–Crippen MR) is 54.1 cm³/mol. The van der Waals surface area contributed by atoms with Crippen LogP contribution >= 0.6 is 0 Å². The average molecular weight is 174 g/mol. The lowest BCUT2D eigenvalue weighted by Gasteiger charge is -1.96. The van der Waals surface area contributed by atoms with Gasteiger partial charge in [-0.1, -0.05) is 18.8 Å². The summed E-state index contributed by atoms with van der Waals surface area (Å²) in [7, 11) is 0. The number of aromatic nitrogens is 1. The van der Waals surface area contributed by atoms with Crippen LogP contribution in [0.5, 0.6) is 0 Å². The minimum Gasteiger partial charge on any atom is -0.318 e. The summed E-state index contributed by atoms with van der Waals surface area (Å²) in [6, 6.07) is 3.83. The summed E-state index contributed by atoms with van der Waals surface area (Å²) in [5.41, 5.74) is 7.64. The van der Waals surface area contributed by atoms with Crippen LogP contribution in [0.15, 0.2) is 18.3 Å². The molecule has 13 heavy (non-hydrogen) atoms. The molecule has 0 saturated heterocycles. The van der Waals surface area contributed by atoms with Gasteiger partial charge in [0.1, 0.15) is 0 Å². The van der Waals surface area contributed by atoms with Gasteiger partial charge < -0.3 is 5.73 Å². The highest BCUT2D eigenvalue weighted by Crippen LogP contribution is 1.98. The zero-order valence-electron chi connectivity index (χ0n) is 8.04. The van der Waals surface area contributed by atoms with Crippen LogP contribution in [0.25, 0.3) is 0 Å². The minimum atomic E-state index is -0.0199. The number of rotatable bonds is 1. The Bertz CT molecular complexity index is 333. The maximum Gasteiger partial charge on any atom is 0.0665 e. The van der Waals surface area contributed by atoms with Crippen LogP contribution in [0.1, 0.15) is 24.6 Å². The highest BCUT2D eigenvalue weighted by atomic mass is 14.6. The summed E-state index contributed by atoms with van der Waals surface area (Å²) >= 11 is 0. The lowest BCUT2D eigenvalue weighted by Crippen LogP contribution is -2.15. The first-order chi connectivity index (χ1) is 6.22. The summed E-state index contributed by atoms with van der Waals surface area (Å²) in [5, 5.41) is 0. The zero-order chi connectivity index (χ0) is 9.68. The first-order valence-electron chi connectivity index (χ1n) is 4.42. The molecule has 1 aromatic rings. The highest BCUT2D eigenvalue weighted by molar-refractivity contribution is 5.34. The molecule has 0 bridgehead atoms. The molecule has 0 aromatic carbocycles. The molecule has 2 nitrogen and oxygen atoms in total. The molecule has 0 aliphatic rings. The fourth-order valence-electron chi connectivity index (χ4n) is 0.901. The second kappa shape index (κ2) is 4.64. The molecule has 1 aromatic heterocycles. The molecule has 0 saturated carbocycles. The molecule has 1 unspecified atom stereocenters. The van der Waals surface area contributed by atoms with Crippen LogP contribution in [-0.2, 0) is 0 Å². The Balaban J connectivity index is 2.77. The third kappa shape index (κ3) is 3.27. The molecule has 0 amide bonds. The average Bonchev–Trinajstić information content (AvgIpc) is 2.14. The van der Waals surface area contributed by atoms with Crippen LogP contribution in [0, 0.1) is 18.8 Å². The molecule has 2 N–H and O–H groups in total. The summed E-state index contributed by atoms with van der Waals surface area (Å²) in [6.07, 6.45) is 2.65. The van der Waals surface area contributed by atoms with Crippen molar-refractivity contribution in [3.8, 4) is 11.8 Å². The van der Waals surface area contributed by atoms with Crippen molar-refractivity contribution in [3.63, 3.8) is 0 Å². The standard InChI is InChI=1S/C11H14N2/c1-3-11(12)5-4-10-6-7-13-9(2)8-10/h6-8,11H,3,12H2,1-2H3. The van der Waals surface area contributed by atoms with E-state index in [9.17, 15) is 0 Å². The lowest BCUT2D eigenvalue weighted by atomic mass is 10.2. The largest absolute Gasteiger partial charge is 0.318 e. The Kier molecular flexibility index (Phi) is 3.48. The molecule has 1 atom stereocenters. The van der Waals surface area contributed by atoms with E-state index < -0.39 is 0 Å². The SMILES string of the molecule is CCC(N)C#Cc1ccnc(C)c1. The van der Waals surface area contributed by atoms with Gasteiger partial charge in [0.05, 0.1) is 6.04 Å². The lowest BCUT2D eigenvalue weighted by molar-refractivity contribution is 0.806. The molecule has 1 heterocycles. The normalized spacial score (nSPS) is 11.6. The van der Waals surface area contributed by atoms with Gasteiger partial charge in [0.2, 0.25) is 0 Å². The van der Waals surface area contributed by atoms with Crippen molar-refractivity contribution < 1.29 is 0 Å². The van der Waals surface area contributed by atoms with Crippen molar-refractivity contribution in [2.75, 3.05) is 0 Å². The molecule has 0 fully saturated rings. The number of aryl methyl sites for hydroxylation is 1. The topological polar surface area (TPSA) is 38.9 Å². The smallest absolute Gasteiger partial charge is 0.0665 e. The van der Waals surface area contributed by atoms with Gasteiger partial charge in [-0.3, -0.25) is 4.98 Å². The van der Waals surface area contributed by atoms with Crippen molar-refractivity contribution in [1.82, 2.24) is 4.98 Å². The van der Waals surface area contributed by atoms with Gasteiger partial charge >= 0.3 is 0 Å². The Morgan fingerprint density at radius 2 is 2.38 bits per heavy atom. The van der Waals surface area contributed by atoms with Gasteiger partial charge in [0.15, 0.2) is 0 Å². The number of hydrogen-bond donors (Lipinski definition) is 1. The molecule has 68 valence electrons. The fraction of sp³-hybridized carbons (Fsp3) is 0.364. The van der Waals surface area contributed by atoms with Crippen LogP contribution in [0.2, 0.25) is 0 Å². The highest BCUT2D eigenvalue weighted by Gasteiger charge is 1.91. The quantitative estimate of drug-likeness (QED) is 0.655. The molecule has 0 aliphatic carbocycles. The van der Waals surface area contributed by atoms with Crippen molar-refractivity contribution in [3.05, 3.63) is 29.6 Å². The van der Waals surface area contributed by atoms with E-state index in [1.54, 1.807) is 6.20 Å². The van der Waals surface area contributed by atoms with E-state index >= 15 is 0 Å². The van der Waals surface area contributed by atoms with Crippen molar-refractivity contribution in [2.24, 2.45) is 5.73 Å². The van der Waals surface area contributed by atoms with Gasteiger partial charge in [0, 0.05) is 17.5 Å². The van der Waals surface area contributed by atoms with Gasteiger partial charge in [-0.15, -0.1) is 0 Å². The van der Waals surface area contributed by atoms with E-state index in [0.717, 1.165) is 17.7 Å². The molecule has 1 rings (SSSR count). The van der Waals surface area contributed by atoms with Gasteiger partial charge in [-0.05, 0) is 25.5 Å². The Morgan fingerprint density at radius 3 is 3.00 bits per heavy atom. The van der Waals surface area contributed by atoms with Crippen molar-refractivity contribution in [1.29, 1.82) is 0 Å². The second-order valence-corrected chi connectivity index (χ2v) is 2.97. The number of pyridine rings is 1. The first-order valence-corrected chi connectivity index (χ1v) is 4.42. The third-order valence-corrected chi connectivity index (χ3v) is 1.74. The molecular formula is C11H14N2. The molecule has 2 heteroatoms. The zero-order valence-corrected chi connectivity index (χ0v) is 8.04. The maximum absolute atomic E-state index is 5.67. The van der Waals surface area contributed by atoms with E-state index in [2.05, 4.69) is 16.8 Å². The summed E-state index contributed by atoms with van der Waals surface area (Å²) in [5.74, 6) is 6.00. The molecule has 0 aliphatic heterocycles. The second-order valence-electron chi connectivity index (χ2n) is 2.97. The summed E-state index contributed by atoms with van der Waals surface area (Å²) in [6.45, 7) is 3.97. The van der Waals surface area contributed by atoms with Crippen molar-refractivity contribution in [2.45, 2.75) is 26.3 Å². The minimum absolute atomic E-state index is 0.0199. The van der Waals surface area contributed by atoms with Gasteiger partial charge in [-0.25, -0.2) is 0 Å². The predicted octanol–water partition coefficient (Wildman–Crippen LogP) is 1.48. The Hall–Kier alpha value is -1.33. The number of nitrogens with two attached hydrogens (primary N) is 1. The van der Waals surface area contributed by atoms with Gasteiger partial charge in [-0.2, -0.15) is 0 Å². The van der Waals surface area contributed by atoms with E-state index in [1.165, 1.54) is 0 Å². The van der Waals surface area contributed by atoms with Crippen LogP contribution < -0.4 is 5.73 Å². The Morgan fingerprint density at radius 1 is 1.62 bits per heavy atom. The third-order valence-electron chi connectivity index (χ3n) is 1.74. The van der Waals surface area contributed by atoms with Crippen LogP contribution in [0.3, 0.4) is 0 Å². The van der Waals surface area contributed by atoms with E-state index in [1.807, 2.05) is 26.0 Å². The van der Waals surface area contributed by atoms with E-state index in [-0.39, 0.29) is 6.04 Å². The van der Waals surface area contributed by atoms with E-state index in [4.69, 9.17) is 5.73 Å². The molecule has 0 spiro atoms. The van der Waals surface area contributed by atoms with Crippen LogP contribution in [-0.4, -0.2) is 11.0 Å². The molecule has 0 radical (unpaired) electrons. The summed E-state index contributed by atoms with van der Waals surface area (Å²) in [4.78, 5) is 4.09. The number of hydrogen-bond acceptors (Lipinski definition) is 2. The fourth-order valence-corrected chi connectivity index (χ4v) is 0.901. The van der Waals surface area contributed by atoms with E-state index in [0.29, 0.717) is 0 Å². The maximum atomic E-state index is 5.67. The summed E-state index contributed by atoms with van der Waals surface area (Å²) < 4.78 is 0. The van der Waals surface area contributed by atoms with Crippen molar-refractivity contribution >= 4 is 0 Å². The molecular weight excluding hydrogens is 160 g/mol.